The van der Waals surface area contributed by atoms with Crippen LogP contribution in [0.25, 0.3) is 0 Å². The zero-order valence-electron chi connectivity index (χ0n) is 21.3. The van der Waals surface area contributed by atoms with E-state index in [2.05, 4.69) is 21.2 Å². The first-order valence-electron chi connectivity index (χ1n) is 12.3. The molecule has 10 heteroatoms. The number of halogens is 2. The summed E-state index contributed by atoms with van der Waals surface area (Å²) in [5.41, 5.74) is 1.04. The molecule has 202 valence electrons. The van der Waals surface area contributed by atoms with E-state index in [4.69, 9.17) is 0 Å². The van der Waals surface area contributed by atoms with Crippen molar-refractivity contribution in [2.45, 2.75) is 44.2 Å². The van der Waals surface area contributed by atoms with Gasteiger partial charge in [-0.1, -0.05) is 59.6 Å². The number of sulfonamides is 1. The largest absolute Gasteiger partial charge is 0.354 e. The lowest BCUT2D eigenvalue weighted by atomic mass is 10.1. The van der Waals surface area contributed by atoms with Crippen molar-refractivity contribution in [1.82, 2.24) is 10.2 Å². The zero-order valence-corrected chi connectivity index (χ0v) is 23.7. The first-order chi connectivity index (χ1) is 18.1. The summed E-state index contributed by atoms with van der Waals surface area (Å²) in [4.78, 5) is 28.0. The van der Waals surface area contributed by atoms with Gasteiger partial charge in [0.15, 0.2) is 0 Å². The van der Waals surface area contributed by atoms with Gasteiger partial charge in [-0.05, 0) is 67.4 Å². The minimum absolute atomic E-state index is 0.0971. The van der Waals surface area contributed by atoms with Gasteiger partial charge in [0, 0.05) is 17.6 Å². The topological polar surface area (TPSA) is 86.8 Å². The van der Waals surface area contributed by atoms with E-state index in [1.165, 1.54) is 4.90 Å². The highest BCUT2D eigenvalue weighted by Gasteiger charge is 2.32. The number of nitrogens with zero attached hydrogens (tertiary/aromatic N) is 2. The van der Waals surface area contributed by atoms with E-state index in [0.717, 1.165) is 51.4 Å². The molecule has 3 rings (SSSR count). The Kier molecular flexibility index (Phi) is 10.4. The Hall–Kier alpha value is -3.24. The van der Waals surface area contributed by atoms with Crippen molar-refractivity contribution >= 4 is 43.5 Å². The van der Waals surface area contributed by atoms with Crippen LogP contribution in [0, 0.1) is 5.82 Å². The molecule has 0 spiro atoms. The number of carbonyl (C=O) groups is 2. The molecule has 0 aromatic heterocycles. The molecule has 1 N–H and O–H groups in total. The summed E-state index contributed by atoms with van der Waals surface area (Å²) in [6, 6.07) is 19.1. The summed E-state index contributed by atoms with van der Waals surface area (Å²) >= 11 is 3.43. The van der Waals surface area contributed by atoms with E-state index in [1.807, 2.05) is 31.2 Å². The Labute approximate surface area is 231 Å². The quantitative estimate of drug-likeness (QED) is 0.291. The number of amides is 2. The minimum atomic E-state index is -4.23. The average molecular weight is 605 g/mol. The van der Waals surface area contributed by atoms with Gasteiger partial charge in [0.1, 0.15) is 18.4 Å². The van der Waals surface area contributed by atoms with Crippen LogP contribution in [-0.4, -0.2) is 44.3 Å². The molecule has 0 bridgehead atoms. The second-order valence-corrected chi connectivity index (χ2v) is 11.6. The molecule has 2 amide bonds. The highest BCUT2D eigenvalue weighted by Crippen LogP contribution is 2.25. The number of carbonyl (C=O) groups excluding carboxylic acids is 2. The lowest BCUT2D eigenvalue weighted by Gasteiger charge is -2.32. The standard InChI is InChI=1S/C28H31BrFN3O4S/c1-3-4-17-31-28(35)21(2)32(19-22-9-8-10-23(29)18-22)27(34)20-33(25-11-6-5-7-12-25)38(36,37)26-15-13-24(30)14-16-26/h5-16,18,21H,3-4,17,19-20H2,1-2H3,(H,31,35)/t21-/m1/s1. The minimum Gasteiger partial charge on any atom is -0.354 e. The third-order valence-corrected chi connectivity index (χ3v) is 8.24. The molecule has 0 aliphatic carbocycles. The van der Waals surface area contributed by atoms with Crippen LogP contribution < -0.4 is 9.62 Å². The number of anilines is 1. The third kappa shape index (κ3) is 7.64. The Balaban J connectivity index is 1.97. The van der Waals surface area contributed by atoms with Crippen molar-refractivity contribution < 1.29 is 22.4 Å². The summed E-state index contributed by atoms with van der Waals surface area (Å²) in [6.07, 6.45) is 1.71. The molecule has 0 saturated carbocycles. The van der Waals surface area contributed by atoms with Crippen LogP contribution in [-0.2, 0) is 26.2 Å². The van der Waals surface area contributed by atoms with Crippen LogP contribution in [0.1, 0.15) is 32.3 Å². The van der Waals surface area contributed by atoms with E-state index in [-0.39, 0.29) is 23.0 Å². The lowest BCUT2D eigenvalue weighted by molar-refractivity contribution is -0.139. The fraction of sp³-hybridized carbons (Fsp3) is 0.286. The summed E-state index contributed by atoms with van der Waals surface area (Å²) in [6.45, 7) is 3.66. The number of benzene rings is 3. The molecule has 7 nitrogen and oxygen atoms in total. The van der Waals surface area contributed by atoms with Gasteiger partial charge in [-0.2, -0.15) is 0 Å². The number of nitrogens with one attached hydrogen (secondary N) is 1. The van der Waals surface area contributed by atoms with E-state index >= 15 is 0 Å². The second-order valence-electron chi connectivity index (χ2n) is 8.77. The number of rotatable bonds is 12. The maximum atomic E-state index is 13.8. The molecule has 1 atom stereocenters. The highest BCUT2D eigenvalue weighted by atomic mass is 79.9. The van der Waals surface area contributed by atoms with Crippen molar-refractivity contribution in [2.24, 2.45) is 0 Å². The molecule has 0 aliphatic heterocycles. The fourth-order valence-corrected chi connectivity index (χ4v) is 5.67. The summed E-state index contributed by atoms with van der Waals surface area (Å²) in [7, 11) is -4.23. The summed E-state index contributed by atoms with van der Waals surface area (Å²) in [5, 5.41) is 2.85. The maximum Gasteiger partial charge on any atom is 0.264 e. The summed E-state index contributed by atoms with van der Waals surface area (Å²) < 4.78 is 42.6. The van der Waals surface area contributed by atoms with Gasteiger partial charge >= 0.3 is 0 Å². The van der Waals surface area contributed by atoms with Gasteiger partial charge in [0.05, 0.1) is 10.6 Å². The molecule has 0 heterocycles. The molecule has 0 unspecified atom stereocenters. The highest BCUT2D eigenvalue weighted by molar-refractivity contribution is 9.10. The normalized spacial score (nSPS) is 12.0. The molecule has 3 aromatic rings. The van der Waals surface area contributed by atoms with E-state index in [0.29, 0.717) is 6.54 Å². The van der Waals surface area contributed by atoms with Crippen LogP contribution in [0.5, 0.6) is 0 Å². The number of hydrogen-bond acceptors (Lipinski definition) is 4. The average Bonchev–Trinajstić information content (AvgIpc) is 2.90. The lowest BCUT2D eigenvalue weighted by Crippen LogP contribution is -2.51. The zero-order chi connectivity index (χ0) is 27.7. The number of para-hydroxylation sites is 1. The predicted octanol–water partition coefficient (Wildman–Crippen LogP) is 5.12. The van der Waals surface area contributed by atoms with Crippen LogP contribution in [0.4, 0.5) is 10.1 Å². The second kappa shape index (κ2) is 13.5. The summed E-state index contributed by atoms with van der Waals surface area (Å²) in [5.74, 6) is -1.46. The molecule has 3 aromatic carbocycles. The van der Waals surface area contributed by atoms with Gasteiger partial charge in [-0.15, -0.1) is 0 Å². The van der Waals surface area contributed by atoms with Crippen LogP contribution in [0.2, 0.25) is 0 Å². The van der Waals surface area contributed by atoms with Gasteiger partial charge in [-0.3, -0.25) is 13.9 Å². The Morgan fingerprint density at radius 3 is 2.32 bits per heavy atom. The van der Waals surface area contributed by atoms with E-state index < -0.39 is 34.3 Å². The van der Waals surface area contributed by atoms with Gasteiger partial charge in [-0.25, -0.2) is 12.8 Å². The Morgan fingerprint density at radius 1 is 1.00 bits per heavy atom. The van der Waals surface area contributed by atoms with Crippen LogP contribution in [0.3, 0.4) is 0 Å². The molecule has 38 heavy (non-hydrogen) atoms. The first kappa shape index (κ1) is 29.3. The molecule has 0 fully saturated rings. The van der Waals surface area contributed by atoms with Crippen molar-refractivity contribution in [3.8, 4) is 0 Å². The monoisotopic (exact) mass is 603 g/mol. The van der Waals surface area contributed by atoms with Crippen molar-refractivity contribution in [1.29, 1.82) is 0 Å². The molecular weight excluding hydrogens is 573 g/mol. The maximum absolute atomic E-state index is 13.8. The molecular formula is C28H31BrFN3O4S. The third-order valence-electron chi connectivity index (χ3n) is 5.96. The van der Waals surface area contributed by atoms with E-state index in [1.54, 1.807) is 37.3 Å². The van der Waals surface area contributed by atoms with Crippen molar-refractivity contribution in [3.63, 3.8) is 0 Å². The van der Waals surface area contributed by atoms with E-state index in [9.17, 15) is 22.4 Å². The fourth-order valence-electron chi connectivity index (χ4n) is 3.81. The van der Waals surface area contributed by atoms with Gasteiger partial charge in [0.25, 0.3) is 10.0 Å². The van der Waals surface area contributed by atoms with Gasteiger partial charge < -0.3 is 10.2 Å². The van der Waals surface area contributed by atoms with Crippen LogP contribution >= 0.6 is 15.9 Å². The number of unbranched alkanes of at least 4 members (excludes halogenated alkanes) is 1. The smallest absolute Gasteiger partial charge is 0.264 e. The van der Waals surface area contributed by atoms with Crippen molar-refractivity contribution in [2.75, 3.05) is 17.4 Å². The molecule has 0 radical (unpaired) electrons. The SMILES string of the molecule is CCCCNC(=O)[C@@H](C)N(Cc1cccc(Br)c1)C(=O)CN(c1ccccc1)S(=O)(=O)c1ccc(F)cc1. The Morgan fingerprint density at radius 2 is 1.68 bits per heavy atom. The van der Waals surface area contributed by atoms with Gasteiger partial charge in [0.2, 0.25) is 11.8 Å². The molecule has 0 saturated heterocycles. The van der Waals surface area contributed by atoms with Crippen LogP contribution in [0.15, 0.2) is 88.2 Å². The predicted molar refractivity (Wildman–Crippen MR) is 149 cm³/mol. The first-order valence-corrected chi connectivity index (χ1v) is 14.5. The Bertz CT molecular complexity index is 1340. The van der Waals surface area contributed by atoms with Crippen molar-refractivity contribution in [3.05, 3.63) is 94.7 Å². The molecule has 0 aliphatic rings. The number of hydrogen-bond donors (Lipinski definition) is 1.